The molecule has 0 saturated heterocycles. The molecule has 1 aromatic heterocycles. The summed E-state index contributed by atoms with van der Waals surface area (Å²) in [6, 6.07) is 15.6. The first kappa shape index (κ1) is 15.0. The Kier molecular flexibility index (Phi) is 4.17. The van der Waals surface area contributed by atoms with Crippen molar-refractivity contribution in [2.24, 2.45) is 0 Å². The minimum absolute atomic E-state index is 0.176. The highest BCUT2D eigenvalue weighted by atomic mass is 32.1. The van der Waals surface area contributed by atoms with E-state index in [0.717, 1.165) is 27.1 Å². The summed E-state index contributed by atoms with van der Waals surface area (Å²) in [5.74, 6) is -0.176. The lowest BCUT2D eigenvalue weighted by Crippen LogP contribution is -1.90. The predicted molar refractivity (Wildman–Crippen MR) is 94.1 cm³/mol. The number of thiophene rings is 1. The first-order valence-corrected chi connectivity index (χ1v) is 8.06. The maximum absolute atomic E-state index is 14.5. The third-order valence-corrected chi connectivity index (χ3v) is 4.85. The second-order valence-electron chi connectivity index (χ2n) is 5.46. The van der Waals surface area contributed by atoms with Gasteiger partial charge in [0.25, 0.3) is 0 Å². The Hall–Kier alpha value is -1.87. The zero-order chi connectivity index (χ0) is 15.7. The van der Waals surface area contributed by atoms with Crippen molar-refractivity contribution in [1.82, 2.24) is 0 Å². The van der Waals surface area contributed by atoms with Crippen LogP contribution in [0.3, 0.4) is 0 Å². The Balaban J connectivity index is 2.05. The second-order valence-corrected chi connectivity index (χ2v) is 6.75. The Bertz CT molecular complexity index is 803. The standard InChI is InChI=1S/C19H16BFS/c1-12-9-17(19-8-3-13(2)22-19)18(21)10-16(12)15-6-4-14(11-20)5-7-15/h3-10H,11H2,1-2H3. The number of halogens is 1. The van der Waals surface area contributed by atoms with Gasteiger partial charge in [-0.15, -0.1) is 11.3 Å². The molecule has 108 valence electrons. The number of aryl methyl sites for hydroxylation is 2. The van der Waals surface area contributed by atoms with Crippen LogP contribution in [0.1, 0.15) is 16.0 Å². The Morgan fingerprint density at radius 1 is 0.955 bits per heavy atom. The van der Waals surface area contributed by atoms with Gasteiger partial charge in [0.15, 0.2) is 0 Å². The zero-order valence-electron chi connectivity index (χ0n) is 12.7. The minimum atomic E-state index is -0.176. The maximum atomic E-state index is 14.5. The van der Waals surface area contributed by atoms with Crippen LogP contribution >= 0.6 is 11.3 Å². The fourth-order valence-electron chi connectivity index (χ4n) is 2.58. The summed E-state index contributed by atoms with van der Waals surface area (Å²) in [5.41, 5.74) is 4.77. The fraction of sp³-hybridized carbons (Fsp3) is 0.158. The van der Waals surface area contributed by atoms with Crippen LogP contribution in [0.4, 0.5) is 4.39 Å². The molecule has 3 aromatic rings. The highest BCUT2D eigenvalue weighted by Crippen LogP contribution is 2.34. The highest BCUT2D eigenvalue weighted by Gasteiger charge is 2.12. The summed E-state index contributed by atoms with van der Waals surface area (Å²) in [7, 11) is 5.62. The molecule has 0 atom stereocenters. The molecule has 0 nitrogen and oxygen atoms in total. The molecule has 2 radical (unpaired) electrons. The van der Waals surface area contributed by atoms with Crippen molar-refractivity contribution in [3.8, 4) is 21.6 Å². The van der Waals surface area contributed by atoms with Crippen LogP contribution in [0.5, 0.6) is 0 Å². The van der Waals surface area contributed by atoms with E-state index in [-0.39, 0.29) is 5.82 Å². The monoisotopic (exact) mass is 306 g/mol. The van der Waals surface area contributed by atoms with E-state index in [1.54, 1.807) is 17.4 Å². The topological polar surface area (TPSA) is 0 Å². The van der Waals surface area contributed by atoms with Gasteiger partial charge in [0.1, 0.15) is 5.82 Å². The average molecular weight is 306 g/mol. The molecule has 0 saturated carbocycles. The van der Waals surface area contributed by atoms with Gasteiger partial charge in [-0.1, -0.05) is 36.1 Å². The van der Waals surface area contributed by atoms with Crippen LogP contribution < -0.4 is 0 Å². The molecular formula is C19H16BFS. The van der Waals surface area contributed by atoms with E-state index in [4.69, 9.17) is 7.85 Å². The van der Waals surface area contributed by atoms with Gasteiger partial charge in [0.2, 0.25) is 0 Å². The third-order valence-electron chi connectivity index (χ3n) is 3.82. The SMILES string of the molecule is [B]Cc1ccc(-c2cc(F)c(-c3ccc(C)s3)cc2C)cc1. The summed E-state index contributed by atoms with van der Waals surface area (Å²) in [4.78, 5) is 2.16. The largest absolute Gasteiger partial charge is 0.206 e. The van der Waals surface area contributed by atoms with Crippen molar-refractivity contribution < 1.29 is 4.39 Å². The van der Waals surface area contributed by atoms with Gasteiger partial charge in [-0.2, -0.15) is 0 Å². The minimum Gasteiger partial charge on any atom is -0.206 e. The Labute approximate surface area is 136 Å². The molecular weight excluding hydrogens is 290 g/mol. The normalized spacial score (nSPS) is 10.9. The van der Waals surface area contributed by atoms with E-state index < -0.39 is 0 Å². The van der Waals surface area contributed by atoms with Crippen molar-refractivity contribution >= 4 is 19.2 Å². The molecule has 0 amide bonds. The number of rotatable bonds is 3. The second kappa shape index (κ2) is 6.09. The lowest BCUT2D eigenvalue weighted by Gasteiger charge is -2.10. The molecule has 0 unspecified atom stereocenters. The van der Waals surface area contributed by atoms with Gasteiger partial charge >= 0.3 is 0 Å². The molecule has 1 heterocycles. The number of hydrogen-bond donors (Lipinski definition) is 0. The molecule has 2 aromatic carbocycles. The molecule has 0 fully saturated rings. The molecule has 3 heteroatoms. The van der Waals surface area contributed by atoms with Crippen molar-refractivity contribution in [2.75, 3.05) is 0 Å². The molecule has 0 spiro atoms. The van der Waals surface area contributed by atoms with Gasteiger partial charge < -0.3 is 0 Å². The lowest BCUT2D eigenvalue weighted by molar-refractivity contribution is 0.632. The molecule has 0 aliphatic heterocycles. The van der Waals surface area contributed by atoms with Crippen molar-refractivity contribution in [3.05, 3.63) is 70.4 Å². The fourth-order valence-corrected chi connectivity index (χ4v) is 3.47. The highest BCUT2D eigenvalue weighted by molar-refractivity contribution is 7.15. The molecule has 22 heavy (non-hydrogen) atoms. The van der Waals surface area contributed by atoms with Crippen LogP contribution in [-0.4, -0.2) is 7.85 Å². The van der Waals surface area contributed by atoms with Crippen LogP contribution in [-0.2, 0) is 6.32 Å². The maximum Gasteiger partial charge on any atom is 0.132 e. The van der Waals surface area contributed by atoms with Crippen molar-refractivity contribution in [3.63, 3.8) is 0 Å². The van der Waals surface area contributed by atoms with Gasteiger partial charge in [0.05, 0.1) is 7.85 Å². The molecule has 0 N–H and O–H groups in total. The van der Waals surface area contributed by atoms with Gasteiger partial charge in [-0.3, -0.25) is 0 Å². The van der Waals surface area contributed by atoms with Crippen LogP contribution in [0.2, 0.25) is 0 Å². The number of hydrogen-bond acceptors (Lipinski definition) is 1. The number of benzene rings is 2. The van der Waals surface area contributed by atoms with E-state index in [9.17, 15) is 4.39 Å². The molecule has 0 aliphatic rings. The lowest BCUT2D eigenvalue weighted by atomic mass is 9.93. The van der Waals surface area contributed by atoms with E-state index in [1.807, 2.05) is 56.3 Å². The smallest absolute Gasteiger partial charge is 0.132 e. The summed E-state index contributed by atoms with van der Waals surface area (Å²) < 4.78 is 14.5. The van der Waals surface area contributed by atoms with Crippen LogP contribution in [0, 0.1) is 19.7 Å². The van der Waals surface area contributed by atoms with Gasteiger partial charge in [-0.05, 0) is 54.8 Å². The van der Waals surface area contributed by atoms with E-state index in [1.165, 1.54) is 4.88 Å². The van der Waals surface area contributed by atoms with Crippen LogP contribution in [0.25, 0.3) is 21.6 Å². The van der Waals surface area contributed by atoms with Crippen molar-refractivity contribution in [1.29, 1.82) is 0 Å². The Morgan fingerprint density at radius 2 is 1.68 bits per heavy atom. The first-order chi connectivity index (χ1) is 10.6. The summed E-state index contributed by atoms with van der Waals surface area (Å²) in [6.07, 6.45) is 0.518. The third kappa shape index (κ3) is 2.86. The van der Waals surface area contributed by atoms with E-state index >= 15 is 0 Å². The van der Waals surface area contributed by atoms with E-state index in [0.29, 0.717) is 11.9 Å². The quantitative estimate of drug-likeness (QED) is 0.560. The summed E-state index contributed by atoms with van der Waals surface area (Å²) >= 11 is 1.62. The van der Waals surface area contributed by atoms with Crippen molar-refractivity contribution in [2.45, 2.75) is 20.2 Å². The predicted octanol–water partition coefficient (Wildman–Crippen LogP) is 5.51. The zero-order valence-corrected chi connectivity index (χ0v) is 13.5. The Morgan fingerprint density at radius 3 is 2.27 bits per heavy atom. The van der Waals surface area contributed by atoms with E-state index in [2.05, 4.69) is 0 Å². The summed E-state index contributed by atoms with van der Waals surface area (Å²) in [5, 5.41) is 0. The van der Waals surface area contributed by atoms with Crippen LogP contribution in [0.15, 0.2) is 48.5 Å². The first-order valence-electron chi connectivity index (χ1n) is 7.25. The molecule has 0 aliphatic carbocycles. The molecule has 0 bridgehead atoms. The summed E-state index contributed by atoms with van der Waals surface area (Å²) in [6.45, 7) is 4.06. The average Bonchev–Trinajstić information content (AvgIpc) is 2.95. The van der Waals surface area contributed by atoms with Gasteiger partial charge in [-0.25, -0.2) is 4.39 Å². The molecule has 3 rings (SSSR count). The van der Waals surface area contributed by atoms with Gasteiger partial charge in [0, 0.05) is 15.3 Å².